The molecule has 1 heterocycles. The Balaban J connectivity index is 2.44. The SMILES string of the molecule is O=C(O)[C@H]1CSCN1S(=O)(=O)c1cc(Cl)cc(Cl)c1. The number of carboxylic acids is 1. The van der Waals surface area contributed by atoms with Gasteiger partial charge in [-0.1, -0.05) is 23.2 Å². The molecule has 19 heavy (non-hydrogen) atoms. The van der Waals surface area contributed by atoms with Crippen molar-refractivity contribution in [3.8, 4) is 0 Å². The number of hydrogen-bond acceptors (Lipinski definition) is 4. The van der Waals surface area contributed by atoms with Crippen LogP contribution in [0.3, 0.4) is 0 Å². The molecule has 0 radical (unpaired) electrons. The Labute approximate surface area is 124 Å². The van der Waals surface area contributed by atoms with Gasteiger partial charge in [0.15, 0.2) is 0 Å². The van der Waals surface area contributed by atoms with Gasteiger partial charge < -0.3 is 5.11 Å². The van der Waals surface area contributed by atoms with Gasteiger partial charge in [0.25, 0.3) is 0 Å². The van der Waals surface area contributed by atoms with E-state index >= 15 is 0 Å². The first-order valence-electron chi connectivity index (χ1n) is 5.11. The Morgan fingerprint density at radius 1 is 1.32 bits per heavy atom. The summed E-state index contributed by atoms with van der Waals surface area (Å²) in [5.41, 5.74) is 0. The molecule has 1 aromatic rings. The molecule has 0 spiro atoms. The fraction of sp³-hybridized carbons (Fsp3) is 0.300. The quantitative estimate of drug-likeness (QED) is 0.911. The standard InChI is InChI=1S/C10H9Cl2NO4S2/c11-6-1-7(12)3-8(2-6)19(16,17)13-5-18-4-9(13)10(14)15/h1-3,9H,4-5H2,(H,14,15)/t9-/m1/s1. The molecular weight excluding hydrogens is 333 g/mol. The molecular formula is C10H9Cl2NO4S2. The zero-order valence-electron chi connectivity index (χ0n) is 9.42. The van der Waals surface area contributed by atoms with Crippen molar-refractivity contribution in [2.45, 2.75) is 10.9 Å². The molecule has 0 amide bonds. The Kier molecular flexibility index (Phi) is 4.32. The van der Waals surface area contributed by atoms with E-state index < -0.39 is 22.0 Å². The van der Waals surface area contributed by atoms with E-state index in [-0.39, 0.29) is 26.6 Å². The van der Waals surface area contributed by atoms with E-state index in [0.717, 1.165) is 4.31 Å². The van der Waals surface area contributed by atoms with Crippen molar-refractivity contribution in [1.82, 2.24) is 4.31 Å². The lowest BCUT2D eigenvalue weighted by atomic mass is 10.3. The third-order valence-corrected chi connectivity index (χ3v) is 6.01. The fourth-order valence-electron chi connectivity index (χ4n) is 1.67. The lowest BCUT2D eigenvalue weighted by molar-refractivity contribution is -0.140. The zero-order valence-corrected chi connectivity index (χ0v) is 12.6. The molecule has 0 bridgehead atoms. The van der Waals surface area contributed by atoms with Crippen LogP contribution in [0.25, 0.3) is 0 Å². The van der Waals surface area contributed by atoms with Crippen LogP contribution in [0.2, 0.25) is 10.0 Å². The first kappa shape index (κ1) is 14.9. The smallest absolute Gasteiger partial charge is 0.322 e. The predicted octanol–water partition coefficient (Wildman–Crippen LogP) is 2.14. The number of halogens is 2. The van der Waals surface area contributed by atoms with Gasteiger partial charge in [0.05, 0.1) is 10.8 Å². The minimum absolute atomic E-state index is 0.0984. The average molecular weight is 342 g/mol. The molecule has 0 aliphatic carbocycles. The number of rotatable bonds is 3. The van der Waals surface area contributed by atoms with Gasteiger partial charge in [0.2, 0.25) is 10.0 Å². The van der Waals surface area contributed by atoms with Crippen LogP contribution >= 0.6 is 35.0 Å². The molecule has 5 nitrogen and oxygen atoms in total. The third-order valence-electron chi connectivity index (χ3n) is 2.57. The topological polar surface area (TPSA) is 74.7 Å². The van der Waals surface area contributed by atoms with Crippen molar-refractivity contribution in [2.75, 3.05) is 11.6 Å². The first-order chi connectivity index (χ1) is 8.82. The minimum atomic E-state index is -3.92. The molecule has 2 rings (SSSR count). The number of benzene rings is 1. The van der Waals surface area contributed by atoms with Crippen LogP contribution in [0.15, 0.2) is 23.1 Å². The molecule has 1 saturated heterocycles. The molecule has 1 atom stereocenters. The van der Waals surface area contributed by atoms with Crippen molar-refractivity contribution in [2.24, 2.45) is 0 Å². The summed E-state index contributed by atoms with van der Waals surface area (Å²) in [5, 5.41) is 9.40. The molecule has 1 aromatic carbocycles. The number of carboxylic acid groups (broad SMARTS) is 1. The highest BCUT2D eigenvalue weighted by Crippen LogP contribution is 2.31. The van der Waals surface area contributed by atoms with Crippen LogP contribution < -0.4 is 0 Å². The van der Waals surface area contributed by atoms with Gasteiger partial charge in [-0.2, -0.15) is 4.31 Å². The number of hydrogen-bond donors (Lipinski definition) is 1. The summed E-state index contributed by atoms with van der Waals surface area (Å²) in [7, 11) is -3.92. The van der Waals surface area contributed by atoms with Crippen LogP contribution in [0.4, 0.5) is 0 Å². The molecule has 1 aliphatic heterocycles. The Morgan fingerprint density at radius 2 is 1.89 bits per heavy atom. The Hall–Kier alpha value is -0.470. The molecule has 1 aliphatic rings. The van der Waals surface area contributed by atoms with E-state index in [0.29, 0.717) is 0 Å². The van der Waals surface area contributed by atoms with E-state index in [2.05, 4.69) is 0 Å². The van der Waals surface area contributed by atoms with Gasteiger partial charge in [-0.3, -0.25) is 4.79 Å². The highest BCUT2D eigenvalue weighted by molar-refractivity contribution is 8.00. The van der Waals surface area contributed by atoms with Crippen LogP contribution in [-0.2, 0) is 14.8 Å². The highest BCUT2D eigenvalue weighted by atomic mass is 35.5. The van der Waals surface area contributed by atoms with E-state index in [1.54, 1.807) is 0 Å². The van der Waals surface area contributed by atoms with Crippen molar-refractivity contribution < 1.29 is 18.3 Å². The minimum Gasteiger partial charge on any atom is -0.480 e. The van der Waals surface area contributed by atoms with E-state index in [4.69, 9.17) is 28.3 Å². The van der Waals surface area contributed by atoms with Crippen LogP contribution in [0, 0.1) is 0 Å². The van der Waals surface area contributed by atoms with Crippen LogP contribution in [0.5, 0.6) is 0 Å². The maximum Gasteiger partial charge on any atom is 0.322 e. The van der Waals surface area contributed by atoms with Gasteiger partial charge in [-0.05, 0) is 18.2 Å². The maximum absolute atomic E-state index is 12.4. The van der Waals surface area contributed by atoms with Crippen molar-refractivity contribution in [3.05, 3.63) is 28.2 Å². The Morgan fingerprint density at radius 3 is 2.42 bits per heavy atom. The second kappa shape index (κ2) is 5.49. The normalized spacial score (nSPS) is 20.6. The summed E-state index contributed by atoms with van der Waals surface area (Å²) in [4.78, 5) is 11.0. The summed E-state index contributed by atoms with van der Waals surface area (Å²) in [5.74, 6) is -0.839. The second-order valence-electron chi connectivity index (χ2n) is 3.85. The van der Waals surface area contributed by atoms with Crippen molar-refractivity contribution in [3.63, 3.8) is 0 Å². The van der Waals surface area contributed by atoms with Crippen molar-refractivity contribution in [1.29, 1.82) is 0 Å². The molecule has 104 valence electrons. The van der Waals surface area contributed by atoms with Crippen LogP contribution in [-0.4, -0.2) is 41.5 Å². The van der Waals surface area contributed by atoms with E-state index in [1.165, 1.54) is 30.0 Å². The average Bonchev–Trinajstić information content (AvgIpc) is 2.76. The van der Waals surface area contributed by atoms with Gasteiger partial charge >= 0.3 is 5.97 Å². The largest absolute Gasteiger partial charge is 0.480 e. The molecule has 1 fully saturated rings. The third kappa shape index (κ3) is 3.00. The lowest BCUT2D eigenvalue weighted by Crippen LogP contribution is -2.41. The van der Waals surface area contributed by atoms with E-state index in [1.807, 2.05) is 0 Å². The monoisotopic (exact) mass is 341 g/mol. The second-order valence-corrected chi connectivity index (χ2v) is 7.61. The lowest BCUT2D eigenvalue weighted by Gasteiger charge is -2.20. The van der Waals surface area contributed by atoms with Crippen molar-refractivity contribution >= 4 is 51.0 Å². The van der Waals surface area contributed by atoms with Gasteiger partial charge in [-0.25, -0.2) is 8.42 Å². The zero-order chi connectivity index (χ0) is 14.2. The van der Waals surface area contributed by atoms with E-state index in [9.17, 15) is 13.2 Å². The number of thioether (sulfide) groups is 1. The number of sulfonamides is 1. The number of nitrogens with zero attached hydrogens (tertiary/aromatic N) is 1. The van der Waals surface area contributed by atoms with Gasteiger partial charge in [0, 0.05) is 15.8 Å². The number of carbonyl (C=O) groups is 1. The molecule has 0 unspecified atom stereocenters. The first-order valence-corrected chi connectivity index (χ1v) is 8.46. The molecule has 0 aromatic heterocycles. The van der Waals surface area contributed by atoms with Crippen LogP contribution in [0.1, 0.15) is 0 Å². The number of aliphatic carboxylic acids is 1. The van der Waals surface area contributed by atoms with Gasteiger partial charge in [0.1, 0.15) is 6.04 Å². The molecule has 9 heteroatoms. The molecule has 0 saturated carbocycles. The summed E-state index contributed by atoms with van der Waals surface area (Å²) >= 11 is 12.8. The predicted molar refractivity (Wildman–Crippen MR) is 74.2 cm³/mol. The highest BCUT2D eigenvalue weighted by Gasteiger charge is 2.40. The summed E-state index contributed by atoms with van der Waals surface area (Å²) in [6.45, 7) is 0. The molecule has 1 N–H and O–H groups in total. The Bertz CT molecular complexity index is 600. The maximum atomic E-state index is 12.4. The fourth-order valence-corrected chi connectivity index (χ4v) is 5.53. The summed E-state index contributed by atoms with van der Waals surface area (Å²) in [6, 6.07) is 2.86. The van der Waals surface area contributed by atoms with Gasteiger partial charge in [-0.15, -0.1) is 11.8 Å². The summed E-state index contributed by atoms with van der Waals surface area (Å²) < 4.78 is 25.7. The summed E-state index contributed by atoms with van der Waals surface area (Å²) in [6.07, 6.45) is 0.